The summed E-state index contributed by atoms with van der Waals surface area (Å²) in [6, 6.07) is 11.1. The fraction of sp³-hybridized carbons (Fsp3) is 0.471. The van der Waals surface area contributed by atoms with Gasteiger partial charge in [0.05, 0.1) is 5.69 Å². The van der Waals surface area contributed by atoms with Gasteiger partial charge < -0.3 is 5.32 Å². The third-order valence-electron chi connectivity index (χ3n) is 3.34. The van der Waals surface area contributed by atoms with Gasteiger partial charge in [-0.25, -0.2) is 4.98 Å². The van der Waals surface area contributed by atoms with Crippen molar-refractivity contribution in [1.82, 2.24) is 15.2 Å². The maximum absolute atomic E-state index is 4.73. The van der Waals surface area contributed by atoms with Crippen LogP contribution < -0.4 is 5.32 Å². The topological polar surface area (TPSA) is 28.2 Å². The summed E-state index contributed by atoms with van der Waals surface area (Å²) in [5, 5.41) is 6.78. The number of rotatable bonds is 8. The van der Waals surface area contributed by atoms with Crippen LogP contribution in [0.2, 0.25) is 0 Å². The van der Waals surface area contributed by atoms with Gasteiger partial charge in [0.15, 0.2) is 0 Å². The van der Waals surface area contributed by atoms with Crippen molar-refractivity contribution >= 4 is 11.3 Å². The molecule has 3 nitrogen and oxygen atoms in total. The second-order valence-corrected chi connectivity index (χ2v) is 6.50. The Balaban J connectivity index is 1.89. The third kappa shape index (κ3) is 5.58. The van der Waals surface area contributed by atoms with Crippen molar-refractivity contribution in [2.24, 2.45) is 0 Å². The first kappa shape index (κ1) is 16.1. The summed E-state index contributed by atoms with van der Waals surface area (Å²) in [5.41, 5.74) is 2.54. The molecule has 21 heavy (non-hydrogen) atoms. The van der Waals surface area contributed by atoms with Crippen molar-refractivity contribution in [3.63, 3.8) is 0 Å². The molecule has 1 aromatic heterocycles. The van der Waals surface area contributed by atoms with E-state index >= 15 is 0 Å². The van der Waals surface area contributed by atoms with Gasteiger partial charge in [-0.3, -0.25) is 4.90 Å². The van der Waals surface area contributed by atoms with E-state index in [0.29, 0.717) is 6.04 Å². The number of nitrogens with one attached hydrogen (secondary N) is 1. The molecule has 0 aliphatic carbocycles. The van der Waals surface area contributed by atoms with Gasteiger partial charge in [0.25, 0.3) is 0 Å². The predicted octanol–water partition coefficient (Wildman–Crippen LogP) is 3.66. The van der Waals surface area contributed by atoms with Gasteiger partial charge in [-0.2, -0.15) is 0 Å². The second-order valence-electron chi connectivity index (χ2n) is 5.56. The van der Waals surface area contributed by atoms with E-state index in [2.05, 4.69) is 66.7 Å². The van der Waals surface area contributed by atoms with Gasteiger partial charge in [0.2, 0.25) is 0 Å². The predicted molar refractivity (Wildman–Crippen MR) is 90.3 cm³/mol. The van der Waals surface area contributed by atoms with E-state index in [1.165, 1.54) is 16.3 Å². The Hall–Kier alpha value is -1.23. The monoisotopic (exact) mass is 303 g/mol. The Morgan fingerprint density at radius 1 is 1.19 bits per heavy atom. The molecule has 0 saturated heterocycles. The quantitative estimate of drug-likeness (QED) is 0.806. The van der Waals surface area contributed by atoms with Gasteiger partial charge in [-0.1, -0.05) is 51.1 Å². The Kier molecular flexibility index (Phi) is 6.36. The average Bonchev–Trinajstić information content (AvgIpc) is 2.93. The molecule has 2 aromatic rings. The van der Waals surface area contributed by atoms with Crippen LogP contribution in [0.3, 0.4) is 0 Å². The summed E-state index contributed by atoms with van der Waals surface area (Å²) in [6.45, 7) is 10.3. The molecule has 1 aromatic carbocycles. The van der Waals surface area contributed by atoms with Gasteiger partial charge in [-0.05, 0) is 12.1 Å². The molecule has 0 fully saturated rings. The molecule has 0 spiro atoms. The summed E-state index contributed by atoms with van der Waals surface area (Å²) in [6.07, 6.45) is 0. The molecule has 0 aliphatic heterocycles. The van der Waals surface area contributed by atoms with Crippen LogP contribution in [-0.4, -0.2) is 22.5 Å². The molecule has 0 atom stereocenters. The molecule has 2 rings (SSSR count). The zero-order valence-electron chi connectivity index (χ0n) is 13.2. The summed E-state index contributed by atoms with van der Waals surface area (Å²) >= 11 is 1.75. The van der Waals surface area contributed by atoms with Gasteiger partial charge >= 0.3 is 0 Å². The standard InChI is InChI=1S/C17H25N3S/c1-4-20(11-15-8-6-5-7-9-15)12-16-13-21-17(19-16)10-18-14(2)3/h5-9,13-14,18H,4,10-12H2,1-3H3. The molecule has 4 heteroatoms. The fourth-order valence-electron chi connectivity index (χ4n) is 2.14. The normalized spacial score (nSPS) is 11.5. The molecule has 114 valence electrons. The minimum atomic E-state index is 0.502. The minimum absolute atomic E-state index is 0.502. The third-order valence-corrected chi connectivity index (χ3v) is 4.24. The summed E-state index contributed by atoms with van der Waals surface area (Å²) < 4.78 is 0. The lowest BCUT2D eigenvalue weighted by molar-refractivity contribution is 0.268. The van der Waals surface area contributed by atoms with Crippen molar-refractivity contribution in [2.75, 3.05) is 6.54 Å². The zero-order valence-corrected chi connectivity index (χ0v) is 14.0. The lowest BCUT2D eigenvalue weighted by Gasteiger charge is -2.19. The van der Waals surface area contributed by atoms with Crippen molar-refractivity contribution in [2.45, 2.75) is 46.4 Å². The SMILES string of the molecule is CCN(Cc1ccccc1)Cc1csc(CNC(C)C)n1. The van der Waals surface area contributed by atoms with E-state index in [1.807, 2.05) is 0 Å². The van der Waals surface area contributed by atoms with Gasteiger partial charge in [0.1, 0.15) is 5.01 Å². The van der Waals surface area contributed by atoms with Crippen LogP contribution in [0.4, 0.5) is 0 Å². The molecule has 0 unspecified atom stereocenters. The van der Waals surface area contributed by atoms with Crippen molar-refractivity contribution < 1.29 is 0 Å². The Bertz CT molecular complexity index is 522. The number of nitrogens with zero attached hydrogens (tertiary/aromatic N) is 2. The molecule has 0 amide bonds. The molecule has 0 aliphatic rings. The van der Waals surface area contributed by atoms with E-state index in [-0.39, 0.29) is 0 Å². The molecular formula is C17H25N3S. The summed E-state index contributed by atoms with van der Waals surface area (Å²) in [4.78, 5) is 7.15. The second kappa shape index (κ2) is 8.27. The molecular weight excluding hydrogens is 278 g/mol. The molecule has 1 N–H and O–H groups in total. The lowest BCUT2D eigenvalue weighted by Crippen LogP contribution is -2.23. The van der Waals surface area contributed by atoms with Crippen LogP contribution in [0.25, 0.3) is 0 Å². The smallest absolute Gasteiger partial charge is 0.107 e. The maximum atomic E-state index is 4.73. The molecule has 0 bridgehead atoms. The molecule has 1 heterocycles. The highest BCUT2D eigenvalue weighted by Gasteiger charge is 2.08. The highest BCUT2D eigenvalue weighted by Crippen LogP contribution is 2.14. The highest BCUT2D eigenvalue weighted by atomic mass is 32.1. The Morgan fingerprint density at radius 2 is 1.95 bits per heavy atom. The minimum Gasteiger partial charge on any atom is -0.308 e. The number of hydrogen-bond acceptors (Lipinski definition) is 4. The first-order valence-electron chi connectivity index (χ1n) is 7.60. The first-order chi connectivity index (χ1) is 10.2. The largest absolute Gasteiger partial charge is 0.308 e. The Morgan fingerprint density at radius 3 is 2.62 bits per heavy atom. The highest BCUT2D eigenvalue weighted by molar-refractivity contribution is 7.09. The average molecular weight is 303 g/mol. The fourth-order valence-corrected chi connectivity index (χ4v) is 2.88. The van der Waals surface area contributed by atoms with Crippen molar-refractivity contribution in [1.29, 1.82) is 0 Å². The maximum Gasteiger partial charge on any atom is 0.107 e. The van der Waals surface area contributed by atoms with Crippen LogP contribution in [-0.2, 0) is 19.6 Å². The van der Waals surface area contributed by atoms with E-state index < -0.39 is 0 Å². The van der Waals surface area contributed by atoms with E-state index in [0.717, 1.165) is 26.2 Å². The first-order valence-corrected chi connectivity index (χ1v) is 8.48. The van der Waals surface area contributed by atoms with E-state index in [4.69, 9.17) is 4.98 Å². The number of benzene rings is 1. The molecule has 0 radical (unpaired) electrons. The number of hydrogen-bond donors (Lipinski definition) is 1. The summed E-state index contributed by atoms with van der Waals surface area (Å²) in [5.74, 6) is 0. The van der Waals surface area contributed by atoms with Crippen LogP contribution in [0.5, 0.6) is 0 Å². The Labute approximate surface area is 132 Å². The van der Waals surface area contributed by atoms with Crippen molar-refractivity contribution in [3.8, 4) is 0 Å². The summed E-state index contributed by atoms with van der Waals surface area (Å²) in [7, 11) is 0. The van der Waals surface area contributed by atoms with Crippen LogP contribution in [0.1, 0.15) is 37.0 Å². The lowest BCUT2D eigenvalue weighted by atomic mass is 10.2. The van der Waals surface area contributed by atoms with Crippen LogP contribution >= 0.6 is 11.3 Å². The van der Waals surface area contributed by atoms with Crippen LogP contribution in [0.15, 0.2) is 35.7 Å². The van der Waals surface area contributed by atoms with Crippen molar-refractivity contribution in [3.05, 3.63) is 52.0 Å². The van der Waals surface area contributed by atoms with E-state index in [9.17, 15) is 0 Å². The zero-order chi connectivity index (χ0) is 15.1. The van der Waals surface area contributed by atoms with E-state index in [1.54, 1.807) is 11.3 Å². The molecule has 0 saturated carbocycles. The number of aromatic nitrogens is 1. The van der Waals surface area contributed by atoms with Gasteiger partial charge in [0, 0.05) is 31.1 Å². The van der Waals surface area contributed by atoms with Gasteiger partial charge in [-0.15, -0.1) is 11.3 Å². The van der Waals surface area contributed by atoms with Crippen LogP contribution in [0, 0.1) is 0 Å². The number of thiazole rings is 1.